The first-order valence-corrected chi connectivity index (χ1v) is 8.08. The minimum atomic E-state index is -0.973. The monoisotopic (exact) mass is 348 g/mol. The summed E-state index contributed by atoms with van der Waals surface area (Å²) in [4.78, 5) is 35.6. The van der Waals surface area contributed by atoms with Gasteiger partial charge in [0.1, 0.15) is 0 Å². The number of halogens is 1. The smallest absolute Gasteiger partial charge is 0.307 e. The highest BCUT2D eigenvalue weighted by Crippen LogP contribution is 2.48. The second kappa shape index (κ2) is 6.65. The first-order chi connectivity index (χ1) is 11.5. The van der Waals surface area contributed by atoms with E-state index in [1.807, 2.05) is 12.2 Å². The van der Waals surface area contributed by atoms with Crippen LogP contribution in [-0.2, 0) is 20.8 Å². The van der Waals surface area contributed by atoms with E-state index in [-0.39, 0.29) is 24.2 Å². The Bertz CT molecular complexity index is 701. The second-order valence-corrected chi connectivity index (χ2v) is 6.62. The van der Waals surface area contributed by atoms with E-state index >= 15 is 0 Å². The number of nitrogens with one attached hydrogen (secondary N) is 2. The molecular weight excluding hydrogens is 332 g/mol. The van der Waals surface area contributed by atoms with E-state index in [0.717, 1.165) is 5.56 Å². The Hall–Kier alpha value is -2.34. The Balaban J connectivity index is 1.55. The quantitative estimate of drug-likeness (QED) is 0.568. The van der Waals surface area contributed by atoms with Gasteiger partial charge in [0.15, 0.2) is 0 Å². The van der Waals surface area contributed by atoms with Crippen molar-refractivity contribution in [3.05, 3.63) is 47.0 Å². The Morgan fingerprint density at radius 2 is 1.67 bits per heavy atom. The molecule has 0 spiro atoms. The van der Waals surface area contributed by atoms with Gasteiger partial charge < -0.3 is 5.11 Å². The molecule has 0 heterocycles. The summed E-state index contributed by atoms with van der Waals surface area (Å²) in [5.74, 6) is -3.36. The third kappa shape index (κ3) is 3.28. The molecule has 24 heavy (non-hydrogen) atoms. The van der Waals surface area contributed by atoms with Gasteiger partial charge >= 0.3 is 5.97 Å². The van der Waals surface area contributed by atoms with Crippen molar-refractivity contribution in [1.29, 1.82) is 0 Å². The molecule has 2 aliphatic carbocycles. The zero-order valence-electron chi connectivity index (χ0n) is 12.7. The zero-order chi connectivity index (χ0) is 17.3. The summed E-state index contributed by atoms with van der Waals surface area (Å²) in [6.45, 7) is 0. The van der Waals surface area contributed by atoms with Gasteiger partial charge in [-0.2, -0.15) is 0 Å². The van der Waals surface area contributed by atoms with Crippen LogP contribution >= 0.6 is 11.6 Å². The number of carboxylic acid groups (broad SMARTS) is 1. The van der Waals surface area contributed by atoms with Crippen LogP contribution in [0.5, 0.6) is 0 Å². The number of carbonyl (C=O) groups excluding carboxylic acids is 2. The maximum atomic E-state index is 12.3. The van der Waals surface area contributed by atoms with Gasteiger partial charge in [0.2, 0.25) is 11.8 Å². The van der Waals surface area contributed by atoms with Crippen LogP contribution in [0, 0.1) is 23.7 Å². The molecule has 0 aliphatic heterocycles. The molecule has 3 N–H and O–H groups in total. The summed E-state index contributed by atoms with van der Waals surface area (Å²) >= 11 is 5.78. The van der Waals surface area contributed by atoms with Gasteiger partial charge in [-0.05, 0) is 36.0 Å². The number of hydrogen-bond donors (Lipinski definition) is 3. The van der Waals surface area contributed by atoms with Crippen molar-refractivity contribution < 1.29 is 19.5 Å². The molecular formula is C17H17ClN2O4. The Morgan fingerprint density at radius 3 is 2.29 bits per heavy atom. The van der Waals surface area contributed by atoms with Crippen LogP contribution in [-0.4, -0.2) is 22.9 Å². The van der Waals surface area contributed by atoms with Crippen LogP contribution in [0.2, 0.25) is 5.02 Å². The fourth-order valence-electron chi connectivity index (χ4n) is 3.56. The normalized spacial score (nSPS) is 27.0. The molecule has 1 aromatic rings. The van der Waals surface area contributed by atoms with Crippen molar-refractivity contribution in [1.82, 2.24) is 10.9 Å². The summed E-state index contributed by atoms with van der Waals surface area (Å²) in [5.41, 5.74) is 5.48. The highest BCUT2D eigenvalue weighted by molar-refractivity contribution is 6.30. The minimum Gasteiger partial charge on any atom is -0.481 e. The van der Waals surface area contributed by atoms with Gasteiger partial charge in [-0.15, -0.1) is 0 Å². The van der Waals surface area contributed by atoms with E-state index < -0.39 is 23.7 Å². The fourth-order valence-corrected chi connectivity index (χ4v) is 3.69. The molecule has 2 bridgehead atoms. The van der Waals surface area contributed by atoms with Crippen LogP contribution in [0.25, 0.3) is 0 Å². The largest absolute Gasteiger partial charge is 0.481 e. The average Bonchev–Trinajstić information content (AvgIpc) is 3.15. The molecule has 126 valence electrons. The minimum absolute atomic E-state index is 0.0794. The van der Waals surface area contributed by atoms with Gasteiger partial charge in [-0.25, -0.2) is 0 Å². The highest BCUT2D eigenvalue weighted by Gasteiger charge is 2.51. The van der Waals surface area contributed by atoms with Crippen LogP contribution < -0.4 is 10.9 Å². The third-order valence-corrected chi connectivity index (χ3v) is 4.90. The SMILES string of the molecule is O=C(Cc1ccc(Cl)cc1)NNC(=O)[C@@H]1[C@@H](C(=O)O)[C@H]2C=C[C@H]1C2. The number of carboxylic acids is 1. The van der Waals surface area contributed by atoms with E-state index in [1.54, 1.807) is 24.3 Å². The summed E-state index contributed by atoms with van der Waals surface area (Å²) < 4.78 is 0. The topological polar surface area (TPSA) is 95.5 Å². The lowest BCUT2D eigenvalue weighted by atomic mass is 9.82. The number of amides is 2. The van der Waals surface area contributed by atoms with Crippen molar-refractivity contribution in [2.45, 2.75) is 12.8 Å². The van der Waals surface area contributed by atoms with E-state index in [9.17, 15) is 19.5 Å². The number of aliphatic carboxylic acids is 1. The van der Waals surface area contributed by atoms with Crippen LogP contribution in [0.15, 0.2) is 36.4 Å². The summed E-state index contributed by atoms with van der Waals surface area (Å²) in [6, 6.07) is 6.82. The molecule has 0 saturated heterocycles. The lowest BCUT2D eigenvalue weighted by molar-refractivity contribution is -0.148. The zero-order valence-corrected chi connectivity index (χ0v) is 13.5. The number of hydrogen-bond acceptors (Lipinski definition) is 3. The predicted octanol–water partition coefficient (Wildman–Crippen LogP) is 1.55. The maximum absolute atomic E-state index is 12.3. The molecule has 4 atom stereocenters. The van der Waals surface area contributed by atoms with Gasteiger partial charge in [0.25, 0.3) is 0 Å². The first kappa shape index (κ1) is 16.5. The number of benzene rings is 1. The van der Waals surface area contributed by atoms with Gasteiger partial charge in [0, 0.05) is 5.02 Å². The van der Waals surface area contributed by atoms with E-state index in [0.29, 0.717) is 11.4 Å². The van der Waals surface area contributed by atoms with Gasteiger partial charge in [0.05, 0.1) is 18.3 Å². The number of fused-ring (bicyclic) bond motifs is 2. The molecule has 0 radical (unpaired) electrons. The molecule has 7 heteroatoms. The Morgan fingerprint density at radius 1 is 1.04 bits per heavy atom. The number of allylic oxidation sites excluding steroid dienone is 2. The van der Waals surface area contributed by atoms with E-state index in [1.165, 1.54) is 0 Å². The first-order valence-electron chi connectivity index (χ1n) is 7.70. The molecule has 3 rings (SSSR count). The van der Waals surface area contributed by atoms with E-state index in [4.69, 9.17) is 11.6 Å². The van der Waals surface area contributed by atoms with Crippen molar-refractivity contribution in [2.75, 3.05) is 0 Å². The number of carbonyl (C=O) groups is 3. The molecule has 2 aliphatic rings. The second-order valence-electron chi connectivity index (χ2n) is 6.18. The molecule has 6 nitrogen and oxygen atoms in total. The van der Waals surface area contributed by atoms with Crippen molar-refractivity contribution in [3.63, 3.8) is 0 Å². The number of hydrazine groups is 1. The molecule has 2 amide bonds. The van der Waals surface area contributed by atoms with E-state index in [2.05, 4.69) is 10.9 Å². The van der Waals surface area contributed by atoms with Crippen LogP contribution in [0.3, 0.4) is 0 Å². The summed E-state index contributed by atoms with van der Waals surface area (Å²) in [6.07, 6.45) is 4.53. The maximum Gasteiger partial charge on any atom is 0.307 e. The predicted molar refractivity (Wildman–Crippen MR) is 86.8 cm³/mol. The lowest BCUT2D eigenvalue weighted by Gasteiger charge is -2.23. The molecule has 0 unspecified atom stereocenters. The fraction of sp³-hybridized carbons (Fsp3) is 0.353. The standard InChI is InChI=1S/C17H17ClN2O4/c18-12-5-1-9(2-6-12)7-13(21)19-20-16(22)14-10-3-4-11(8-10)15(14)17(23)24/h1-6,10-11,14-15H,7-8H2,(H,19,21)(H,20,22)(H,23,24)/t10-,11-,14-,15-/m0/s1. The summed E-state index contributed by atoms with van der Waals surface area (Å²) in [5, 5.41) is 9.92. The van der Waals surface area contributed by atoms with Crippen molar-refractivity contribution >= 4 is 29.4 Å². The van der Waals surface area contributed by atoms with Crippen LogP contribution in [0.1, 0.15) is 12.0 Å². The molecule has 1 aromatic carbocycles. The van der Waals surface area contributed by atoms with Gasteiger partial charge in [-0.1, -0.05) is 35.9 Å². The average molecular weight is 349 g/mol. The number of rotatable bonds is 4. The van der Waals surface area contributed by atoms with Crippen molar-refractivity contribution in [3.8, 4) is 0 Å². The van der Waals surface area contributed by atoms with Crippen molar-refractivity contribution in [2.24, 2.45) is 23.7 Å². The third-order valence-electron chi connectivity index (χ3n) is 4.65. The summed E-state index contributed by atoms with van der Waals surface area (Å²) in [7, 11) is 0. The molecule has 1 fully saturated rings. The highest BCUT2D eigenvalue weighted by atomic mass is 35.5. The Kier molecular flexibility index (Phi) is 4.57. The lowest BCUT2D eigenvalue weighted by Crippen LogP contribution is -2.48. The Labute approximate surface area is 143 Å². The molecule has 1 saturated carbocycles. The van der Waals surface area contributed by atoms with Gasteiger partial charge in [-0.3, -0.25) is 25.2 Å². The molecule has 0 aromatic heterocycles. The van der Waals surface area contributed by atoms with Crippen LogP contribution in [0.4, 0.5) is 0 Å².